The van der Waals surface area contributed by atoms with E-state index in [-0.39, 0.29) is 0 Å². The van der Waals surface area contributed by atoms with E-state index in [4.69, 9.17) is 9.97 Å². The number of hydrogen-bond acceptors (Lipinski definition) is 2. The summed E-state index contributed by atoms with van der Waals surface area (Å²) in [6.45, 7) is 0. The molecular weight excluding hydrogens is 787 g/mol. The predicted octanol–water partition coefficient (Wildman–Crippen LogP) is 16.5. The lowest BCUT2D eigenvalue weighted by atomic mass is 9.94. The molecule has 0 aliphatic rings. The van der Waals surface area contributed by atoms with Gasteiger partial charge in [0.05, 0.1) is 27.9 Å². The van der Waals surface area contributed by atoms with Crippen LogP contribution in [0.2, 0.25) is 0 Å². The summed E-state index contributed by atoms with van der Waals surface area (Å²) in [6, 6.07) is 85.2. The number of hydrogen-bond donors (Lipinski definition) is 0. The maximum absolute atomic E-state index is 5.44. The molecule has 3 heteroatoms. The largest absolute Gasteiger partial charge is 0.309 e. The fraction of sp³-hybridized carbons (Fsp3) is 0. The van der Waals surface area contributed by atoms with Crippen LogP contribution in [0.25, 0.3) is 127 Å². The lowest BCUT2D eigenvalue weighted by Gasteiger charge is -2.16. The molecule has 2 heterocycles. The molecule has 0 radical (unpaired) electrons. The van der Waals surface area contributed by atoms with Crippen molar-refractivity contribution in [2.45, 2.75) is 0 Å². The summed E-state index contributed by atoms with van der Waals surface area (Å²) in [4.78, 5) is 10.7. The Hall–Kier alpha value is -8.66. The molecular formula is C62H39N3. The third-order valence-electron chi connectivity index (χ3n) is 13.2. The second-order valence-electron chi connectivity index (χ2n) is 16.9. The van der Waals surface area contributed by atoms with E-state index in [1.165, 1.54) is 71.2 Å². The van der Waals surface area contributed by atoms with Crippen LogP contribution in [0.3, 0.4) is 0 Å². The Bertz CT molecular complexity index is 3980. The summed E-state index contributed by atoms with van der Waals surface area (Å²) < 4.78 is 2.49. The Morgan fingerprint density at radius 2 is 0.846 bits per heavy atom. The lowest BCUT2D eigenvalue weighted by Crippen LogP contribution is -1.99. The first-order chi connectivity index (χ1) is 32.2. The molecule has 13 rings (SSSR count). The number of aromatic nitrogens is 3. The van der Waals surface area contributed by atoms with Gasteiger partial charge in [-0.2, -0.15) is 0 Å². The highest BCUT2D eigenvalue weighted by Crippen LogP contribution is 2.45. The van der Waals surface area contributed by atoms with Crippen molar-refractivity contribution in [1.29, 1.82) is 0 Å². The molecule has 0 aliphatic heterocycles. The van der Waals surface area contributed by atoms with E-state index in [1.807, 2.05) is 0 Å². The van der Waals surface area contributed by atoms with Crippen molar-refractivity contribution >= 4 is 65.0 Å². The van der Waals surface area contributed by atoms with Gasteiger partial charge in [-0.05, 0) is 96.7 Å². The van der Waals surface area contributed by atoms with Gasteiger partial charge in [0.1, 0.15) is 0 Å². The maximum atomic E-state index is 5.44. The fourth-order valence-electron chi connectivity index (χ4n) is 10.2. The monoisotopic (exact) mass is 825 g/mol. The molecule has 0 saturated carbocycles. The van der Waals surface area contributed by atoms with Gasteiger partial charge < -0.3 is 4.57 Å². The van der Waals surface area contributed by atoms with E-state index in [2.05, 4.69) is 241 Å². The van der Waals surface area contributed by atoms with E-state index < -0.39 is 0 Å². The topological polar surface area (TPSA) is 30.7 Å². The van der Waals surface area contributed by atoms with Crippen LogP contribution in [0.15, 0.2) is 237 Å². The van der Waals surface area contributed by atoms with E-state index in [0.717, 1.165) is 49.7 Å². The Kier molecular flexibility index (Phi) is 8.53. The van der Waals surface area contributed by atoms with Crippen LogP contribution in [0, 0.1) is 0 Å². The minimum absolute atomic E-state index is 0.701. The Labute approximate surface area is 376 Å². The highest BCUT2D eigenvalue weighted by molar-refractivity contribution is 6.30. The molecule has 0 bridgehead atoms. The highest BCUT2D eigenvalue weighted by Gasteiger charge is 2.22. The predicted molar refractivity (Wildman–Crippen MR) is 274 cm³/mol. The van der Waals surface area contributed by atoms with Crippen molar-refractivity contribution in [2.75, 3.05) is 0 Å². The van der Waals surface area contributed by atoms with Crippen molar-refractivity contribution in [3.8, 4) is 61.7 Å². The third kappa shape index (κ3) is 6.05. The summed E-state index contributed by atoms with van der Waals surface area (Å²) in [7, 11) is 0. The molecule has 0 N–H and O–H groups in total. The molecule has 2 aromatic heterocycles. The summed E-state index contributed by atoms with van der Waals surface area (Å²) >= 11 is 0. The standard InChI is InChI=1S/C62H39N3/c1-3-16-40(17-4-1)45-21-15-22-46(38-45)41-30-32-44(33-31-41)61-53-28-13-14-29-55(53)63-62(64-61)52-35-37-56(50-26-11-9-24-48(50)52)65-57-36-34-43-20-7-8-23-47(43)59(57)60-51-27-12-10-25-49(51)54(39-58(60)65)42-18-5-2-6-19-42/h1-39H. The van der Waals surface area contributed by atoms with Crippen LogP contribution in [-0.4, -0.2) is 14.5 Å². The molecule has 11 aromatic carbocycles. The van der Waals surface area contributed by atoms with Crippen molar-refractivity contribution in [3.05, 3.63) is 237 Å². The first-order valence-corrected chi connectivity index (χ1v) is 22.2. The quantitative estimate of drug-likeness (QED) is 0.167. The zero-order valence-corrected chi connectivity index (χ0v) is 35.4. The fourth-order valence-corrected chi connectivity index (χ4v) is 10.2. The molecule has 0 saturated heterocycles. The van der Waals surface area contributed by atoms with Crippen LogP contribution >= 0.6 is 0 Å². The number of nitrogens with zero attached hydrogens (tertiary/aromatic N) is 3. The van der Waals surface area contributed by atoms with Gasteiger partial charge in [-0.15, -0.1) is 0 Å². The van der Waals surface area contributed by atoms with Crippen LogP contribution in [0.1, 0.15) is 0 Å². The zero-order valence-electron chi connectivity index (χ0n) is 35.4. The third-order valence-corrected chi connectivity index (χ3v) is 13.2. The van der Waals surface area contributed by atoms with Gasteiger partial charge in [0, 0.05) is 32.7 Å². The van der Waals surface area contributed by atoms with Crippen molar-refractivity contribution in [3.63, 3.8) is 0 Å². The van der Waals surface area contributed by atoms with E-state index in [0.29, 0.717) is 5.82 Å². The average molecular weight is 826 g/mol. The van der Waals surface area contributed by atoms with Gasteiger partial charge in [-0.25, -0.2) is 9.97 Å². The van der Waals surface area contributed by atoms with Crippen LogP contribution in [0.5, 0.6) is 0 Å². The molecule has 0 atom stereocenters. The maximum Gasteiger partial charge on any atom is 0.161 e. The van der Waals surface area contributed by atoms with E-state index in [9.17, 15) is 0 Å². The first-order valence-electron chi connectivity index (χ1n) is 22.2. The van der Waals surface area contributed by atoms with Gasteiger partial charge in [-0.3, -0.25) is 0 Å². The highest BCUT2D eigenvalue weighted by atomic mass is 15.0. The second-order valence-corrected chi connectivity index (χ2v) is 16.9. The average Bonchev–Trinajstić information content (AvgIpc) is 3.73. The molecule has 0 aliphatic carbocycles. The summed E-state index contributed by atoms with van der Waals surface area (Å²) in [6.07, 6.45) is 0. The number of benzene rings is 11. The Morgan fingerprint density at radius 3 is 1.60 bits per heavy atom. The smallest absolute Gasteiger partial charge is 0.161 e. The SMILES string of the molecule is c1ccc(-c2cccc(-c3ccc(-c4nc(-c5ccc(-n6c7ccc8ccccc8c7c7c8ccccc8c(-c8ccccc8)cc76)c6ccccc56)nc5ccccc45)cc3)c2)cc1. The van der Waals surface area contributed by atoms with Crippen molar-refractivity contribution in [2.24, 2.45) is 0 Å². The number of para-hydroxylation sites is 1. The van der Waals surface area contributed by atoms with E-state index in [1.54, 1.807) is 0 Å². The van der Waals surface area contributed by atoms with Gasteiger partial charge in [0.2, 0.25) is 0 Å². The van der Waals surface area contributed by atoms with Gasteiger partial charge in [-0.1, -0.05) is 200 Å². The zero-order chi connectivity index (χ0) is 42.8. The molecule has 0 spiro atoms. The molecule has 0 amide bonds. The van der Waals surface area contributed by atoms with E-state index >= 15 is 0 Å². The van der Waals surface area contributed by atoms with Gasteiger partial charge >= 0.3 is 0 Å². The van der Waals surface area contributed by atoms with Crippen molar-refractivity contribution < 1.29 is 0 Å². The summed E-state index contributed by atoms with van der Waals surface area (Å²) in [5.41, 5.74) is 14.5. The molecule has 13 aromatic rings. The van der Waals surface area contributed by atoms with Gasteiger partial charge in [0.15, 0.2) is 5.82 Å². The summed E-state index contributed by atoms with van der Waals surface area (Å²) in [5.74, 6) is 0.701. The van der Waals surface area contributed by atoms with Crippen LogP contribution < -0.4 is 0 Å². The molecule has 3 nitrogen and oxygen atoms in total. The molecule has 0 unspecified atom stereocenters. The normalized spacial score (nSPS) is 11.7. The Morgan fingerprint density at radius 1 is 0.292 bits per heavy atom. The van der Waals surface area contributed by atoms with Crippen molar-refractivity contribution in [1.82, 2.24) is 14.5 Å². The molecule has 65 heavy (non-hydrogen) atoms. The molecule has 0 fully saturated rings. The second kappa shape index (κ2) is 15.0. The Balaban J connectivity index is 1.00. The first kappa shape index (κ1) is 36.9. The minimum atomic E-state index is 0.701. The number of rotatable bonds is 6. The van der Waals surface area contributed by atoms with Crippen LogP contribution in [-0.2, 0) is 0 Å². The van der Waals surface area contributed by atoms with Gasteiger partial charge in [0.25, 0.3) is 0 Å². The minimum Gasteiger partial charge on any atom is -0.309 e. The lowest BCUT2D eigenvalue weighted by molar-refractivity contribution is 1.19. The number of fused-ring (bicyclic) bond motifs is 9. The molecule has 302 valence electrons. The summed E-state index contributed by atoms with van der Waals surface area (Å²) in [5, 5.41) is 10.7. The van der Waals surface area contributed by atoms with Crippen LogP contribution in [0.4, 0.5) is 0 Å².